The Hall–Kier alpha value is -0.270. The molecule has 13 heavy (non-hydrogen) atoms. The van der Waals surface area contributed by atoms with Crippen LogP contribution in [0.2, 0.25) is 0 Å². The third-order valence-corrected chi connectivity index (χ3v) is 2.19. The summed E-state index contributed by atoms with van der Waals surface area (Å²) in [5.74, 6) is 0. The first-order chi connectivity index (χ1) is 5.68. The van der Waals surface area contributed by atoms with Gasteiger partial charge in [0.2, 0.25) is 0 Å². The molecule has 0 atom stereocenters. The van der Waals surface area contributed by atoms with Gasteiger partial charge in [-0.25, -0.2) is 0 Å². The van der Waals surface area contributed by atoms with E-state index in [1.54, 1.807) is 0 Å². The molecule has 0 amide bonds. The molecule has 0 unspecified atom stereocenters. The van der Waals surface area contributed by atoms with Crippen LogP contribution in [0.3, 0.4) is 0 Å². The standard InChI is InChI=1S/C11H22N.ClH/c1-5-8-11-12(4,9-6-2)10-7-3;/h6-7H,2-3,5,8-11H2,1,4H3;1H/q+1;/p-1. The molecule has 0 aliphatic rings. The van der Waals surface area contributed by atoms with Gasteiger partial charge in [-0.2, -0.15) is 0 Å². The van der Waals surface area contributed by atoms with Crippen molar-refractivity contribution in [1.29, 1.82) is 0 Å². The number of halogens is 1. The van der Waals surface area contributed by atoms with E-state index >= 15 is 0 Å². The molecule has 0 aromatic rings. The number of quaternary nitrogens is 1. The predicted molar refractivity (Wildman–Crippen MR) is 56.1 cm³/mol. The van der Waals surface area contributed by atoms with Gasteiger partial charge in [0.15, 0.2) is 0 Å². The van der Waals surface area contributed by atoms with E-state index in [9.17, 15) is 0 Å². The highest BCUT2D eigenvalue weighted by atomic mass is 35.5. The molecule has 0 heterocycles. The van der Waals surface area contributed by atoms with Crippen molar-refractivity contribution in [3.8, 4) is 0 Å². The second-order valence-corrected chi connectivity index (χ2v) is 3.64. The van der Waals surface area contributed by atoms with E-state index in [0.717, 1.165) is 17.6 Å². The second kappa shape index (κ2) is 8.33. The lowest BCUT2D eigenvalue weighted by molar-refractivity contribution is -0.898. The third-order valence-electron chi connectivity index (χ3n) is 2.19. The maximum Gasteiger partial charge on any atom is 0.0971 e. The SMILES string of the molecule is C=CC[N+](C)(CC=C)CCCC.[Cl-]. The van der Waals surface area contributed by atoms with Gasteiger partial charge >= 0.3 is 0 Å². The summed E-state index contributed by atoms with van der Waals surface area (Å²) in [7, 11) is 2.26. The molecule has 0 fully saturated rings. The van der Waals surface area contributed by atoms with E-state index in [1.807, 2.05) is 12.2 Å². The monoisotopic (exact) mass is 203 g/mol. The Morgan fingerprint density at radius 2 is 1.62 bits per heavy atom. The van der Waals surface area contributed by atoms with Crippen LogP contribution in [0.5, 0.6) is 0 Å². The van der Waals surface area contributed by atoms with E-state index in [1.165, 1.54) is 19.4 Å². The average Bonchev–Trinajstić information content (AvgIpc) is 2.02. The zero-order chi connectivity index (χ0) is 9.45. The van der Waals surface area contributed by atoms with Gasteiger partial charge in [0.25, 0.3) is 0 Å². The van der Waals surface area contributed by atoms with Crippen LogP contribution in [-0.2, 0) is 0 Å². The third kappa shape index (κ3) is 6.85. The molecule has 0 aromatic carbocycles. The van der Waals surface area contributed by atoms with Crippen molar-refractivity contribution in [2.75, 3.05) is 26.7 Å². The molecule has 0 rings (SSSR count). The fraction of sp³-hybridized carbons (Fsp3) is 0.636. The average molecular weight is 204 g/mol. The normalized spacial score (nSPS) is 10.3. The Labute approximate surface area is 89.1 Å². The van der Waals surface area contributed by atoms with Crippen LogP contribution < -0.4 is 12.4 Å². The largest absolute Gasteiger partial charge is 1.00 e. The maximum absolute atomic E-state index is 3.79. The molecule has 1 nitrogen and oxygen atoms in total. The Morgan fingerprint density at radius 1 is 1.15 bits per heavy atom. The van der Waals surface area contributed by atoms with Gasteiger partial charge in [0.05, 0.1) is 26.7 Å². The minimum atomic E-state index is 0. The molecule has 0 spiro atoms. The Kier molecular flexibility index (Phi) is 9.75. The minimum Gasteiger partial charge on any atom is -1.00 e. The number of hydrogen-bond donors (Lipinski definition) is 0. The van der Waals surface area contributed by atoms with E-state index in [2.05, 4.69) is 27.1 Å². The summed E-state index contributed by atoms with van der Waals surface area (Å²) in [6.07, 6.45) is 6.55. The lowest BCUT2D eigenvalue weighted by atomic mass is 10.2. The maximum atomic E-state index is 3.79. The molecule has 78 valence electrons. The summed E-state index contributed by atoms with van der Waals surface area (Å²) in [4.78, 5) is 0. The van der Waals surface area contributed by atoms with Crippen LogP contribution in [0.25, 0.3) is 0 Å². The summed E-state index contributed by atoms with van der Waals surface area (Å²) >= 11 is 0. The molecule has 0 saturated heterocycles. The number of hydrogen-bond acceptors (Lipinski definition) is 0. The summed E-state index contributed by atoms with van der Waals surface area (Å²) in [6, 6.07) is 0. The minimum absolute atomic E-state index is 0. The number of likely N-dealkylation sites (N-methyl/N-ethyl adjacent to an activating group) is 1. The first-order valence-electron chi connectivity index (χ1n) is 4.74. The summed E-state index contributed by atoms with van der Waals surface area (Å²) < 4.78 is 1.06. The molecule has 0 bridgehead atoms. The fourth-order valence-corrected chi connectivity index (χ4v) is 1.42. The molecular formula is C11H22ClN. The van der Waals surface area contributed by atoms with Crippen molar-refractivity contribution in [3.63, 3.8) is 0 Å². The van der Waals surface area contributed by atoms with Crippen LogP contribution in [0.15, 0.2) is 25.3 Å². The first kappa shape index (κ1) is 15.2. The number of rotatable bonds is 7. The van der Waals surface area contributed by atoms with Gasteiger partial charge in [0.1, 0.15) is 0 Å². The van der Waals surface area contributed by atoms with E-state index in [4.69, 9.17) is 0 Å². The fourth-order valence-electron chi connectivity index (χ4n) is 1.42. The van der Waals surface area contributed by atoms with Gasteiger partial charge in [-0.1, -0.05) is 26.5 Å². The second-order valence-electron chi connectivity index (χ2n) is 3.64. The van der Waals surface area contributed by atoms with Crippen LogP contribution in [0, 0.1) is 0 Å². The molecule has 0 aromatic heterocycles. The van der Waals surface area contributed by atoms with Crippen LogP contribution in [0.1, 0.15) is 19.8 Å². The quantitative estimate of drug-likeness (QED) is 0.391. The van der Waals surface area contributed by atoms with Crippen LogP contribution >= 0.6 is 0 Å². The molecule has 0 aliphatic heterocycles. The van der Waals surface area contributed by atoms with Crippen LogP contribution in [-0.4, -0.2) is 31.2 Å². The Bertz CT molecular complexity index is 133. The summed E-state index contributed by atoms with van der Waals surface area (Å²) in [5, 5.41) is 0. The van der Waals surface area contributed by atoms with Gasteiger partial charge < -0.3 is 16.9 Å². The van der Waals surface area contributed by atoms with Gasteiger partial charge in [0, 0.05) is 0 Å². The number of nitrogens with zero attached hydrogens (tertiary/aromatic N) is 1. The smallest absolute Gasteiger partial charge is 0.0971 e. The van der Waals surface area contributed by atoms with Crippen molar-refractivity contribution >= 4 is 0 Å². The summed E-state index contributed by atoms with van der Waals surface area (Å²) in [5.41, 5.74) is 0. The van der Waals surface area contributed by atoms with Crippen LogP contribution in [0.4, 0.5) is 0 Å². The van der Waals surface area contributed by atoms with Crippen molar-refractivity contribution in [1.82, 2.24) is 0 Å². The topological polar surface area (TPSA) is 0 Å². The first-order valence-corrected chi connectivity index (χ1v) is 4.74. The van der Waals surface area contributed by atoms with Gasteiger partial charge in [-0.15, -0.1) is 0 Å². The molecule has 0 aliphatic carbocycles. The summed E-state index contributed by atoms with van der Waals surface area (Å²) in [6.45, 7) is 13.1. The predicted octanol–water partition coefficient (Wildman–Crippen LogP) is -0.391. The zero-order valence-electron chi connectivity index (χ0n) is 8.93. The Morgan fingerprint density at radius 3 is 1.92 bits per heavy atom. The van der Waals surface area contributed by atoms with E-state index < -0.39 is 0 Å². The lowest BCUT2D eigenvalue weighted by Gasteiger charge is -2.32. The van der Waals surface area contributed by atoms with Crippen molar-refractivity contribution in [3.05, 3.63) is 25.3 Å². The molecular weight excluding hydrogens is 182 g/mol. The lowest BCUT2D eigenvalue weighted by Crippen LogP contribution is -3.00. The van der Waals surface area contributed by atoms with Crippen molar-refractivity contribution in [2.24, 2.45) is 0 Å². The molecule has 2 heteroatoms. The van der Waals surface area contributed by atoms with Gasteiger partial charge in [-0.3, -0.25) is 0 Å². The Balaban J connectivity index is 0. The van der Waals surface area contributed by atoms with E-state index in [0.29, 0.717) is 0 Å². The molecule has 0 saturated carbocycles. The molecule has 0 N–H and O–H groups in total. The van der Waals surface area contributed by atoms with E-state index in [-0.39, 0.29) is 12.4 Å². The zero-order valence-corrected chi connectivity index (χ0v) is 9.69. The highest BCUT2D eigenvalue weighted by Gasteiger charge is 2.16. The highest BCUT2D eigenvalue weighted by molar-refractivity contribution is 4.70. The molecule has 0 radical (unpaired) electrons. The van der Waals surface area contributed by atoms with Gasteiger partial charge in [-0.05, 0) is 18.6 Å². The van der Waals surface area contributed by atoms with Crippen molar-refractivity contribution in [2.45, 2.75) is 19.8 Å². The van der Waals surface area contributed by atoms with Crippen molar-refractivity contribution < 1.29 is 16.9 Å². The number of unbranched alkanes of at least 4 members (excludes halogenated alkanes) is 1. The highest BCUT2D eigenvalue weighted by Crippen LogP contribution is 2.05.